The van der Waals surface area contributed by atoms with E-state index in [0.717, 1.165) is 25.7 Å². The van der Waals surface area contributed by atoms with Gasteiger partial charge in [-0.25, -0.2) is 0 Å². The highest BCUT2D eigenvalue weighted by molar-refractivity contribution is 5.70. The van der Waals surface area contributed by atoms with Crippen molar-refractivity contribution in [2.75, 3.05) is 0 Å². The lowest BCUT2D eigenvalue weighted by Gasteiger charge is -2.15. The van der Waals surface area contributed by atoms with E-state index in [4.69, 9.17) is 10.2 Å². The summed E-state index contributed by atoms with van der Waals surface area (Å²) in [6, 6.07) is 0. The van der Waals surface area contributed by atoms with Crippen LogP contribution in [0.15, 0.2) is 0 Å². The molecular formula is C20H38O4. The lowest BCUT2D eigenvalue weighted by molar-refractivity contribution is -0.143. The van der Waals surface area contributed by atoms with Gasteiger partial charge >= 0.3 is 11.9 Å². The van der Waals surface area contributed by atoms with Crippen molar-refractivity contribution >= 4 is 11.9 Å². The summed E-state index contributed by atoms with van der Waals surface area (Å²) in [5.41, 5.74) is 0. The lowest BCUT2D eigenvalue weighted by atomic mass is 9.90. The molecule has 0 aromatic heterocycles. The first-order valence-electron chi connectivity index (χ1n) is 9.73. The Bertz CT molecular complexity index is 320. The molecule has 24 heavy (non-hydrogen) atoms. The summed E-state index contributed by atoms with van der Waals surface area (Å²) in [6.07, 6.45) is 11.6. The molecule has 4 heteroatoms. The van der Waals surface area contributed by atoms with E-state index in [9.17, 15) is 9.59 Å². The number of rotatable bonds is 15. The summed E-state index contributed by atoms with van der Waals surface area (Å²) >= 11 is 0. The topological polar surface area (TPSA) is 74.6 Å². The number of hydrogen-bond donors (Lipinski definition) is 2. The first-order chi connectivity index (χ1) is 11.3. The third-order valence-electron chi connectivity index (χ3n) is 5.56. The number of carboxylic acid groups (broad SMARTS) is 2. The Morgan fingerprint density at radius 1 is 0.583 bits per heavy atom. The van der Waals surface area contributed by atoms with E-state index in [2.05, 4.69) is 0 Å². The fourth-order valence-corrected chi connectivity index (χ4v) is 2.98. The van der Waals surface area contributed by atoms with E-state index in [0.29, 0.717) is 0 Å². The monoisotopic (exact) mass is 342 g/mol. The minimum Gasteiger partial charge on any atom is -0.481 e. The molecule has 0 radical (unpaired) electrons. The number of unbranched alkanes of at least 4 members (excludes halogenated alkanes) is 7. The first-order valence-corrected chi connectivity index (χ1v) is 9.73. The standard InChI is InChI=1S/C20H38O4/c1-15(17(3)19(21)22)13-11-9-7-5-6-8-10-12-14-16(2)18(4)20(23)24/h15-18H,5-14H2,1-4H3,(H,21,22)(H,23,24). The van der Waals surface area contributed by atoms with Crippen molar-refractivity contribution in [3.05, 3.63) is 0 Å². The minimum absolute atomic E-state index is 0.240. The van der Waals surface area contributed by atoms with Crippen LogP contribution in [0.5, 0.6) is 0 Å². The summed E-state index contributed by atoms with van der Waals surface area (Å²) < 4.78 is 0. The van der Waals surface area contributed by atoms with Gasteiger partial charge in [0.2, 0.25) is 0 Å². The molecule has 142 valence electrons. The third-order valence-corrected chi connectivity index (χ3v) is 5.56. The molecule has 0 aromatic rings. The zero-order chi connectivity index (χ0) is 18.5. The Hall–Kier alpha value is -1.06. The van der Waals surface area contributed by atoms with Gasteiger partial charge in [0.1, 0.15) is 0 Å². The van der Waals surface area contributed by atoms with Crippen LogP contribution in [0.2, 0.25) is 0 Å². The molecule has 0 saturated heterocycles. The molecule has 0 heterocycles. The predicted octanol–water partition coefficient (Wildman–Crippen LogP) is 5.60. The van der Waals surface area contributed by atoms with Gasteiger partial charge < -0.3 is 10.2 Å². The average Bonchev–Trinajstić information content (AvgIpc) is 2.54. The highest BCUT2D eigenvalue weighted by atomic mass is 16.4. The largest absolute Gasteiger partial charge is 0.481 e. The highest BCUT2D eigenvalue weighted by Gasteiger charge is 2.19. The van der Waals surface area contributed by atoms with Gasteiger partial charge in [0.15, 0.2) is 0 Å². The molecule has 4 nitrogen and oxygen atoms in total. The number of hydrogen-bond acceptors (Lipinski definition) is 2. The van der Waals surface area contributed by atoms with Gasteiger partial charge in [0.25, 0.3) is 0 Å². The second-order valence-corrected chi connectivity index (χ2v) is 7.61. The maximum Gasteiger partial charge on any atom is 0.306 e. The number of aliphatic carboxylic acids is 2. The molecule has 0 fully saturated rings. The molecule has 0 rings (SSSR count). The molecule has 2 N–H and O–H groups in total. The molecule has 4 unspecified atom stereocenters. The Morgan fingerprint density at radius 2 is 0.833 bits per heavy atom. The van der Waals surface area contributed by atoms with Crippen molar-refractivity contribution < 1.29 is 19.8 Å². The van der Waals surface area contributed by atoms with Crippen molar-refractivity contribution in [2.24, 2.45) is 23.7 Å². The van der Waals surface area contributed by atoms with Crippen LogP contribution in [0.1, 0.15) is 91.9 Å². The van der Waals surface area contributed by atoms with Gasteiger partial charge in [0, 0.05) is 0 Å². The predicted molar refractivity (Wildman–Crippen MR) is 98.1 cm³/mol. The van der Waals surface area contributed by atoms with E-state index in [1.165, 1.54) is 38.5 Å². The smallest absolute Gasteiger partial charge is 0.306 e. The maximum absolute atomic E-state index is 10.9. The summed E-state index contributed by atoms with van der Waals surface area (Å²) in [5, 5.41) is 17.9. The van der Waals surface area contributed by atoms with Crippen LogP contribution in [0, 0.1) is 23.7 Å². The Morgan fingerprint density at radius 3 is 1.08 bits per heavy atom. The summed E-state index contributed by atoms with van der Waals surface area (Å²) in [7, 11) is 0. The highest BCUT2D eigenvalue weighted by Crippen LogP contribution is 2.21. The van der Waals surface area contributed by atoms with Crippen molar-refractivity contribution in [2.45, 2.75) is 91.9 Å². The number of carboxylic acids is 2. The molecule has 0 spiro atoms. The van der Waals surface area contributed by atoms with Crippen LogP contribution in [0.4, 0.5) is 0 Å². The minimum atomic E-state index is -0.686. The second kappa shape index (κ2) is 13.3. The van der Waals surface area contributed by atoms with E-state index in [1.54, 1.807) is 13.8 Å². The van der Waals surface area contributed by atoms with Gasteiger partial charge in [0.05, 0.1) is 11.8 Å². The third kappa shape index (κ3) is 10.7. The van der Waals surface area contributed by atoms with Crippen LogP contribution >= 0.6 is 0 Å². The SMILES string of the molecule is CC(CCCCCCCCCCC(C)C(C)C(=O)O)C(C)C(=O)O. The van der Waals surface area contributed by atoms with Crippen molar-refractivity contribution in [1.82, 2.24) is 0 Å². The van der Waals surface area contributed by atoms with Crippen LogP contribution in [0.3, 0.4) is 0 Å². The molecule has 0 bridgehead atoms. The van der Waals surface area contributed by atoms with E-state index < -0.39 is 11.9 Å². The Labute approximate surface area is 148 Å². The quantitative estimate of drug-likeness (QED) is 0.380. The van der Waals surface area contributed by atoms with Gasteiger partial charge in [-0.2, -0.15) is 0 Å². The van der Waals surface area contributed by atoms with Crippen molar-refractivity contribution in [1.29, 1.82) is 0 Å². The average molecular weight is 343 g/mol. The lowest BCUT2D eigenvalue weighted by Crippen LogP contribution is -2.18. The number of carbonyl (C=O) groups is 2. The molecule has 0 aliphatic rings. The van der Waals surface area contributed by atoms with E-state index >= 15 is 0 Å². The first kappa shape index (κ1) is 22.9. The molecule has 4 atom stereocenters. The summed E-state index contributed by atoms with van der Waals surface area (Å²) in [4.78, 5) is 21.8. The fraction of sp³-hybridized carbons (Fsp3) is 0.900. The van der Waals surface area contributed by atoms with Gasteiger partial charge in [-0.3, -0.25) is 9.59 Å². The van der Waals surface area contributed by atoms with Gasteiger partial charge in [-0.05, 0) is 24.7 Å². The molecule has 0 amide bonds. The zero-order valence-corrected chi connectivity index (χ0v) is 16.1. The van der Waals surface area contributed by atoms with Crippen LogP contribution < -0.4 is 0 Å². The molecule has 0 aromatic carbocycles. The van der Waals surface area contributed by atoms with Crippen LogP contribution in [-0.2, 0) is 9.59 Å². The van der Waals surface area contributed by atoms with Crippen LogP contribution in [-0.4, -0.2) is 22.2 Å². The van der Waals surface area contributed by atoms with Gasteiger partial charge in [-0.1, -0.05) is 79.1 Å². The molecule has 0 aliphatic heterocycles. The Balaban J connectivity index is 3.43. The summed E-state index contributed by atoms with van der Waals surface area (Å²) in [5.74, 6) is -1.33. The molecule has 0 saturated carbocycles. The summed E-state index contributed by atoms with van der Waals surface area (Å²) in [6.45, 7) is 7.66. The maximum atomic E-state index is 10.9. The normalized spacial score (nSPS) is 16.3. The van der Waals surface area contributed by atoms with Crippen molar-refractivity contribution in [3.63, 3.8) is 0 Å². The Kier molecular flexibility index (Phi) is 12.7. The van der Waals surface area contributed by atoms with E-state index in [1.807, 2.05) is 13.8 Å². The van der Waals surface area contributed by atoms with Gasteiger partial charge in [-0.15, -0.1) is 0 Å². The molecule has 0 aliphatic carbocycles. The second-order valence-electron chi connectivity index (χ2n) is 7.61. The van der Waals surface area contributed by atoms with Crippen LogP contribution in [0.25, 0.3) is 0 Å². The molecular weight excluding hydrogens is 304 g/mol. The fourth-order valence-electron chi connectivity index (χ4n) is 2.98. The van der Waals surface area contributed by atoms with E-state index in [-0.39, 0.29) is 23.7 Å². The van der Waals surface area contributed by atoms with Crippen molar-refractivity contribution in [3.8, 4) is 0 Å². The zero-order valence-electron chi connectivity index (χ0n) is 16.1.